The lowest BCUT2D eigenvalue weighted by Crippen LogP contribution is -2.42. The number of nitrogens with two attached hydrogens (primary N) is 1. The average Bonchev–Trinajstić information content (AvgIpc) is 2.94. The highest BCUT2D eigenvalue weighted by atomic mass is 32.2. The largest absolute Gasteiger partial charge is 0.329 e. The van der Waals surface area contributed by atoms with Crippen LogP contribution in [0, 0.1) is 5.92 Å². The SMILES string of the molecule is CC(C)C(=O)[C@@H]1CCCN1C(=O)c1ccc(S(N)(=O)=O)nc1. The molecule has 8 heteroatoms. The summed E-state index contributed by atoms with van der Waals surface area (Å²) in [5, 5.41) is 4.68. The van der Waals surface area contributed by atoms with Crippen LogP contribution in [0.15, 0.2) is 23.4 Å². The maximum atomic E-state index is 12.5. The first kappa shape index (κ1) is 16.6. The fourth-order valence-corrected chi connectivity index (χ4v) is 2.99. The van der Waals surface area contributed by atoms with Crippen LogP contribution in [0.25, 0.3) is 0 Å². The van der Waals surface area contributed by atoms with E-state index in [1.165, 1.54) is 23.2 Å². The molecule has 7 nitrogen and oxygen atoms in total. The monoisotopic (exact) mass is 325 g/mol. The van der Waals surface area contributed by atoms with Crippen molar-refractivity contribution in [3.05, 3.63) is 23.9 Å². The zero-order valence-electron chi connectivity index (χ0n) is 12.5. The first-order valence-corrected chi connectivity index (χ1v) is 8.60. The van der Waals surface area contributed by atoms with Gasteiger partial charge in [0.05, 0.1) is 11.6 Å². The number of Topliss-reactive ketones (excluding diaryl/α,β-unsaturated/α-hetero) is 1. The molecule has 0 spiro atoms. The fourth-order valence-electron chi connectivity index (χ4n) is 2.53. The van der Waals surface area contributed by atoms with Crippen molar-refractivity contribution in [1.29, 1.82) is 0 Å². The number of carbonyl (C=O) groups excluding carboxylic acids is 2. The van der Waals surface area contributed by atoms with Crippen molar-refractivity contribution in [2.75, 3.05) is 6.54 Å². The molecule has 120 valence electrons. The first-order valence-electron chi connectivity index (χ1n) is 7.05. The van der Waals surface area contributed by atoms with Crippen LogP contribution in [-0.4, -0.2) is 42.6 Å². The Morgan fingerprint density at radius 3 is 2.55 bits per heavy atom. The van der Waals surface area contributed by atoms with Gasteiger partial charge in [0.15, 0.2) is 10.8 Å². The van der Waals surface area contributed by atoms with E-state index in [1.54, 1.807) is 0 Å². The van der Waals surface area contributed by atoms with Gasteiger partial charge in [-0.2, -0.15) is 0 Å². The van der Waals surface area contributed by atoms with Gasteiger partial charge >= 0.3 is 0 Å². The van der Waals surface area contributed by atoms with E-state index in [1.807, 2.05) is 13.8 Å². The molecule has 1 fully saturated rings. The number of likely N-dealkylation sites (tertiary alicyclic amines) is 1. The van der Waals surface area contributed by atoms with Crippen LogP contribution in [-0.2, 0) is 14.8 Å². The number of sulfonamides is 1. The Morgan fingerprint density at radius 1 is 1.36 bits per heavy atom. The number of hydrogen-bond acceptors (Lipinski definition) is 5. The van der Waals surface area contributed by atoms with E-state index in [9.17, 15) is 18.0 Å². The summed E-state index contributed by atoms with van der Waals surface area (Å²) in [5.41, 5.74) is 0.246. The van der Waals surface area contributed by atoms with Crippen molar-refractivity contribution in [1.82, 2.24) is 9.88 Å². The van der Waals surface area contributed by atoms with Crippen LogP contribution in [0.4, 0.5) is 0 Å². The second-order valence-electron chi connectivity index (χ2n) is 5.64. The summed E-state index contributed by atoms with van der Waals surface area (Å²) in [6.07, 6.45) is 2.61. The Labute approximate surface area is 129 Å². The molecule has 0 bridgehead atoms. The lowest BCUT2D eigenvalue weighted by Gasteiger charge is -2.25. The molecule has 2 N–H and O–H groups in total. The highest BCUT2D eigenvalue weighted by molar-refractivity contribution is 7.89. The van der Waals surface area contributed by atoms with Crippen LogP contribution in [0.1, 0.15) is 37.0 Å². The molecular formula is C14H19N3O4S. The number of hydrogen-bond donors (Lipinski definition) is 1. The van der Waals surface area contributed by atoms with E-state index in [-0.39, 0.29) is 28.2 Å². The molecule has 0 saturated carbocycles. The van der Waals surface area contributed by atoms with Crippen molar-refractivity contribution in [3.63, 3.8) is 0 Å². The van der Waals surface area contributed by atoms with Crippen LogP contribution < -0.4 is 5.14 Å². The average molecular weight is 325 g/mol. The van der Waals surface area contributed by atoms with Crippen LogP contribution in [0.3, 0.4) is 0 Å². The van der Waals surface area contributed by atoms with Gasteiger partial charge in [-0.05, 0) is 25.0 Å². The summed E-state index contributed by atoms with van der Waals surface area (Å²) in [7, 11) is -3.89. The second-order valence-corrected chi connectivity index (χ2v) is 7.15. The zero-order chi connectivity index (χ0) is 16.5. The molecule has 0 aliphatic carbocycles. The molecule has 1 aromatic heterocycles. The summed E-state index contributed by atoms with van der Waals surface area (Å²) in [6.45, 7) is 4.14. The van der Waals surface area contributed by atoms with Gasteiger partial charge in [-0.3, -0.25) is 9.59 Å². The molecule has 1 saturated heterocycles. The third-order valence-electron chi connectivity index (χ3n) is 3.69. The third-order valence-corrected chi connectivity index (χ3v) is 4.51. The molecule has 1 aliphatic rings. The maximum absolute atomic E-state index is 12.5. The number of rotatable bonds is 4. The Kier molecular flexibility index (Phi) is 4.62. The lowest BCUT2D eigenvalue weighted by atomic mass is 9.99. The third kappa shape index (κ3) is 3.33. The van der Waals surface area contributed by atoms with Gasteiger partial charge in [-0.1, -0.05) is 13.8 Å². The first-order chi connectivity index (χ1) is 10.2. The Balaban J connectivity index is 2.22. The van der Waals surface area contributed by atoms with Crippen molar-refractivity contribution < 1.29 is 18.0 Å². The van der Waals surface area contributed by atoms with Crippen molar-refractivity contribution in [3.8, 4) is 0 Å². The molecule has 0 radical (unpaired) electrons. The molecule has 0 unspecified atom stereocenters. The minimum atomic E-state index is -3.89. The predicted molar refractivity (Wildman–Crippen MR) is 79.5 cm³/mol. The fraction of sp³-hybridized carbons (Fsp3) is 0.500. The summed E-state index contributed by atoms with van der Waals surface area (Å²) in [6, 6.07) is 2.15. The normalized spacial score (nSPS) is 18.7. The van der Waals surface area contributed by atoms with E-state index < -0.39 is 16.1 Å². The topological polar surface area (TPSA) is 110 Å². The van der Waals surface area contributed by atoms with Gasteiger partial charge in [0.1, 0.15) is 0 Å². The van der Waals surface area contributed by atoms with Gasteiger partial charge in [0, 0.05) is 18.7 Å². The van der Waals surface area contributed by atoms with Gasteiger partial charge in [0.25, 0.3) is 15.9 Å². The van der Waals surface area contributed by atoms with Crippen molar-refractivity contribution in [2.24, 2.45) is 11.1 Å². The second kappa shape index (κ2) is 6.13. The number of amides is 1. The van der Waals surface area contributed by atoms with Crippen LogP contribution in [0.5, 0.6) is 0 Å². The molecule has 2 heterocycles. The standard InChI is InChI=1S/C14H19N3O4S/c1-9(2)13(18)11-4-3-7-17(11)14(19)10-5-6-12(16-8-10)22(15,20)21/h5-6,8-9,11H,3-4,7H2,1-2H3,(H2,15,20,21)/t11-/m0/s1. The number of pyridine rings is 1. The Morgan fingerprint density at radius 2 is 2.05 bits per heavy atom. The van der Waals surface area contributed by atoms with Crippen molar-refractivity contribution >= 4 is 21.7 Å². The Hall–Kier alpha value is -1.80. The van der Waals surface area contributed by atoms with Gasteiger partial charge in [-0.25, -0.2) is 18.5 Å². The van der Waals surface area contributed by atoms with E-state index in [0.29, 0.717) is 13.0 Å². The number of ketones is 1. The molecule has 2 rings (SSSR count). The summed E-state index contributed by atoms with van der Waals surface area (Å²) < 4.78 is 22.3. The number of primary sulfonamides is 1. The van der Waals surface area contributed by atoms with E-state index in [0.717, 1.165) is 6.42 Å². The minimum absolute atomic E-state index is 0.0416. The van der Waals surface area contributed by atoms with Gasteiger partial charge < -0.3 is 4.90 Å². The number of carbonyl (C=O) groups is 2. The zero-order valence-corrected chi connectivity index (χ0v) is 13.3. The highest BCUT2D eigenvalue weighted by Gasteiger charge is 2.35. The van der Waals surface area contributed by atoms with Crippen LogP contribution in [0.2, 0.25) is 0 Å². The molecule has 1 atom stereocenters. The summed E-state index contributed by atoms with van der Waals surface area (Å²) >= 11 is 0. The summed E-state index contributed by atoms with van der Waals surface area (Å²) in [4.78, 5) is 29.9. The van der Waals surface area contributed by atoms with E-state index >= 15 is 0 Å². The van der Waals surface area contributed by atoms with E-state index in [4.69, 9.17) is 5.14 Å². The minimum Gasteiger partial charge on any atom is -0.329 e. The number of aromatic nitrogens is 1. The molecule has 0 aromatic carbocycles. The van der Waals surface area contributed by atoms with Crippen molar-refractivity contribution in [2.45, 2.75) is 37.8 Å². The quantitative estimate of drug-likeness (QED) is 0.869. The van der Waals surface area contributed by atoms with Crippen LogP contribution >= 0.6 is 0 Å². The molecular weight excluding hydrogens is 306 g/mol. The highest BCUT2D eigenvalue weighted by Crippen LogP contribution is 2.23. The maximum Gasteiger partial charge on any atom is 0.256 e. The van der Waals surface area contributed by atoms with E-state index in [2.05, 4.69) is 4.98 Å². The van der Waals surface area contributed by atoms with Gasteiger partial charge in [-0.15, -0.1) is 0 Å². The smallest absolute Gasteiger partial charge is 0.256 e. The summed E-state index contributed by atoms with van der Waals surface area (Å²) in [5.74, 6) is -0.411. The lowest BCUT2D eigenvalue weighted by molar-refractivity contribution is -0.125. The predicted octanol–water partition coefficient (Wildman–Crippen LogP) is 0.559. The molecule has 1 aliphatic heterocycles. The Bertz CT molecular complexity index is 683. The van der Waals surface area contributed by atoms with Gasteiger partial charge in [0.2, 0.25) is 0 Å². The molecule has 1 amide bonds. The molecule has 1 aromatic rings. The number of nitrogens with zero attached hydrogens (tertiary/aromatic N) is 2. The molecule has 22 heavy (non-hydrogen) atoms.